The molecule has 3 unspecified atom stereocenters. The molecule has 0 aliphatic rings. The number of carboxylic acid groups (broad SMARTS) is 1. The Kier molecular flexibility index (Phi) is 44.7. The van der Waals surface area contributed by atoms with E-state index in [0.717, 1.165) is 38.5 Å². The van der Waals surface area contributed by atoms with Crippen LogP contribution in [0.15, 0.2) is 12.2 Å². The number of ether oxygens (including phenoxy) is 2. The lowest BCUT2D eigenvalue weighted by Crippen LogP contribution is -2.34. The first-order valence-corrected chi connectivity index (χ1v) is 26.7. The number of carbonyl (C=O) groups excluding carboxylic acids is 1. The van der Waals surface area contributed by atoms with Crippen LogP contribution in [-0.2, 0) is 32.7 Å². The van der Waals surface area contributed by atoms with Crippen molar-refractivity contribution in [2.45, 2.75) is 264 Å². The van der Waals surface area contributed by atoms with Gasteiger partial charge in [-0.1, -0.05) is 219 Å². The maximum Gasteiger partial charge on any atom is 0.472 e. The fourth-order valence-electron chi connectivity index (χ4n) is 7.37. The number of carbonyl (C=O) groups is 2. The number of aliphatic carboxylic acids is 1. The Bertz CT molecular complexity index is 1010. The maximum atomic E-state index is 12.7. The molecule has 0 bridgehead atoms. The van der Waals surface area contributed by atoms with Gasteiger partial charge in [0.2, 0.25) is 0 Å². The number of hydrogen-bond acceptors (Lipinski definition) is 8. The minimum absolute atomic E-state index is 0.0222. The number of phosphoric acid groups is 1. The van der Waals surface area contributed by atoms with Crippen molar-refractivity contribution in [3.8, 4) is 0 Å². The summed E-state index contributed by atoms with van der Waals surface area (Å²) in [5.41, 5.74) is 5.37. The lowest BCUT2D eigenvalue weighted by molar-refractivity contribution is -0.154. The summed E-state index contributed by atoms with van der Waals surface area (Å²) in [7, 11) is -4.61. The van der Waals surface area contributed by atoms with Gasteiger partial charge in [0.15, 0.2) is 0 Å². The molecule has 0 aliphatic carbocycles. The van der Waals surface area contributed by atoms with Crippen molar-refractivity contribution in [2.75, 3.05) is 26.4 Å². The molecule has 0 saturated heterocycles. The number of phosphoric ester groups is 1. The smallest absolute Gasteiger partial charge is 0.472 e. The average Bonchev–Trinajstić information content (AvgIpc) is 3.23. The zero-order chi connectivity index (χ0) is 44.0. The molecule has 0 fully saturated rings. The van der Waals surface area contributed by atoms with Gasteiger partial charge in [-0.25, -0.2) is 4.57 Å². The SMILES string of the molecule is CCCCCCCCCC/C=C\CCCCCCCCCCCCOCC(COP(=O)(O)OCC(N)C(=O)O)OC(=O)CCCCCCCCCCCCCCCCCC. The first-order valence-electron chi connectivity index (χ1n) is 25.2. The third-order valence-electron chi connectivity index (χ3n) is 11.3. The van der Waals surface area contributed by atoms with Crippen LogP contribution in [0.5, 0.6) is 0 Å². The van der Waals surface area contributed by atoms with Crippen LogP contribution in [0.2, 0.25) is 0 Å². The molecule has 3 atom stereocenters. The van der Waals surface area contributed by atoms with Crippen LogP contribution in [0.3, 0.4) is 0 Å². The Labute approximate surface area is 369 Å². The van der Waals surface area contributed by atoms with Crippen LogP contribution >= 0.6 is 7.82 Å². The molecule has 356 valence electrons. The fraction of sp³-hybridized carbons (Fsp3) is 0.918. The van der Waals surface area contributed by atoms with Gasteiger partial charge >= 0.3 is 19.8 Å². The second-order valence-electron chi connectivity index (χ2n) is 17.3. The highest BCUT2D eigenvalue weighted by Gasteiger charge is 2.27. The number of hydrogen-bond donors (Lipinski definition) is 3. The number of unbranched alkanes of at least 4 members (excludes halogenated alkanes) is 33. The standard InChI is InChI=1S/C49H96NO9P/c1-3-5-7-9-11-13-15-17-19-21-22-23-24-25-26-28-30-32-34-36-38-40-42-56-43-46(44-57-60(54,55)58-45-47(50)49(52)53)59-48(51)41-39-37-35-33-31-29-27-20-18-16-14-12-10-8-6-4-2/h21-22,46-47H,3-20,23-45,50H2,1-2H3,(H,52,53)(H,54,55)/b22-21-. The molecule has 0 heterocycles. The summed E-state index contributed by atoms with van der Waals surface area (Å²) in [6, 6.07) is -1.47. The highest BCUT2D eigenvalue weighted by Crippen LogP contribution is 2.43. The lowest BCUT2D eigenvalue weighted by atomic mass is 10.0. The van der Waals surface area contributed by atoms with Crippen LogP contribution in [0, 0.1) is 0 Å². The van der Waals surface area contributed by atoms with E-state index >= 15 is 0 Å². The summed E-state index contributed by atoms with van der Waals surface area (Å²) in [6.45, 7) is 3.93. The Morgan fingerprint density at radius 3 is 1.27 bits per heavy atom. The van der Waals surface area contributed by atoms with Crippen molar-refractivity contribution in [1.29, 1.82) is 0 Å². The van der Waals surface area contributed by atoms with Crippen LogP contribution in [0.25, 0.3) is 0 Å². The molecule has 10 nitrogen and oxygen atoms in total. The van der Waals surface area contributed by atoms with Crippen molar-refractivity contribution in [1.82, 2.24) is 0 Å². The Morgan fingerprint density at radius 2 is 0.867 bits per heavy atom. The molecular formula is C49H96NO9P. The van der Waals surface area contributed by atoms with Gasteiger partial charge in [-0.3, -0.25) is 18.6 Å². The summed E-state index contributed by atoms with van der Waals surface area (Å²) >= 11 is 0. The summed E-state index contributed by atoms with van der Waals surface area (Å²) in [5.74, 6) is -1.77. The predicted octanol–water partition coefficient (Wildman–Crippen LogP) is 14.5. The predicted molar refractivity (Wildman–Crippen MR) is 249 cm³/mol. The van der Waals surface area contributed by atoms with Crippen molar-refractivity contribution in [3.63, 3.8) is 0 Å². The fourth-order valence-corrected chi connectivity index (χ4v) is 8.14. The summed E-state index contributed by atoms with van der Waals surface area (Å²) in [5, 5.41) is 8.92. The summed E-state index contributed by atoms with van der Waals surface area (Å²) in [6.07, 6.45) is 49.8. The van der Waals surface area contributed by atoms with Gasteiger partial charge in [0.25, 0.3) is 0 Å². The van der Waals surface area contributed by atoms with E-state index in [-0.39, 0.29) is 13.0 Å². The third-order valence-corrected chi connectivity index (χ3v) is 12.2. The molecule has 0 aromatic heterocycles. The molecule has 0 aromatic rings. The molecule has 0 saturated carbocycles. The molecule has 0 aromatic carbocycles. The van der Waals surface area contributed by atoms with Crippen molar-refractivity contribution in [3.05, 3.63) is 12.2 Å². The third kappa shape index (κ3) is 44.8. The van der Waals surface area contributed by atoms with E-state index in [1.54, 1.807) is 0 Å². The van der Waals surface area contributed by atoms with E-state index in [0.29, 0.717) is 6.61 Å². The largest absolute Gasteiger partial charge is 0.480 e. The molecule has 0 rings (SSSR count). The topological polar surface area (TPSA) is 155 Å². The van der Waals surface area contributed by atoms with Crippen LogP contribution in [-0.4, -0.2) is 60.5 Å². The van der Waals surface area contributed by atoms with E-state index in [1.807, 2.05) is 0 Å². The molecule has 0 spiro atoms. The first-order chi connectivity index (χ1) is 29.2. The van der Waals surface area contributed by atoms with Crippen molar-refractivity contribution >= 4 is 19.8 Å². The maximum absolute atomic E-state index is 12.7. The minimum Gasteiger partial charge on any atom is -0.480 e. The zero-order valence-corrected chi connectivity index (χ0v) is 40.0. The van der Waals surface area contributed by atoms with Gasteiger partial charge in [-0.15, -0.1) is 0 Å². The highest BCUT2D eigenvalue weighted by molar-refractivity contribution is 7.47. The van der Waals surface area contributed by atoms with E-state index in [9.17, 15) is 19.0 Å². The second kappa shape index (κ2) is 45.7. The molecule has 0 amide bonds. The van der Waals surface area contributed by atoms with E-state index < -0.39 is 45.1 Å². The lowest BCUT2D eigenvalue weighted by Gasteiger charge is -2.20. The summed E-state index contributed by atoms with van der Waals surface area (Å²) in [4.78, 5) is 33.6. The normalized spacial score (nSPS) is 13.8. The van der Waals surface area contributed by atoms with E-state index in [4.69, 9.17) is 29.4 Å². The number of nitrogens with two attached hydrogens (primary N) is 1. The number of esters is 1. The molecule has 4 N–H and O–H groups in total. The van der Waals surface area contributed by atoms with Gasteiger partial charge < -0.3 is 25.2 Å². The zero-order valence-electron chi connectivity index (χ0n) is 39.1. The van der Waals surface area contributed by atoms with Crippen molar-refractivity contribution in [2.24, 2.45) is 5.73 Å². The Hall–Kier alpha value is -1.29. The average molecular weight is 874 g/mol. The van der Waals surface area contributed by atoms with Gasteiger partial charge in [0.1, 0.15) is 12.1 Å². The van der Waals surface area contributed by atoms with Crippen LogP contribution in [0.4, 0.5) is 0 Å². The van der Waals surface area contributed by atoms with Gasteiger partial charge in [0.05, 0.1) is 19.8 Å². The Balaban J connectivity index is 4.10. The van der Waals surface area contributed by atoms with E-state index in [2.05, 4.69) is 26.0 Å². The highest BCUT2D eigenvalue weighted by atomic mass is 31.2. The second-order valence-corrected chi connectivity index (χ2v) is 18.8. The van der Waals surface area contributed by atoms with Crippen LogP contribution in [0.1, 0.15) is 251 Å². The minimum atomic E-state index is -4.61. The number of carboxylic acids is 1. The first kappa shape index (κ1) is 58.7. The quantitative estimate of drug-likeness (QED) is 0.0233. The van der Waals surface area contributed by atoms with Gasteiger partial charge in [-0.05, 0) is 38.5 Å². The number of rotatable bonds is 49. The molecule has 0 radical (unpaired) electrons. The Morgan fingerprint density at radius 1 is 0.517 bits per heavy atom. The van der Waals surface area contributed by atoms with Crippen LogP contribution < -0.4 is 5.73 Å². The molecule has 11 heteroatoms. The van der Waals surface area contributed by atoms with Gasteiger partial charge in [0, 0.05) is 13.0 Å². The molecule has 0 aliphatic heterocycles. The number of allylic oxidation sites excluding steroid dienone is 2. The molecule has 60 heavy (non-hydrogen) atoms. The molecular weight excluding hydrogens is 778 g/mol. The van der Waals surface area contributed by atoms with Crippen molar-refractivity contribution < 1.29 is 42.7 Å². The monoisotopic (exact) mass is 874 g/mol. The summed E-state index contributed by atoms with van der Waals surface area (Å²) < 4.78 is 33.5. The van der Waals surface area contributed by atoms with E-state index in [1.165, 1.54) is 193 Å². The van der Waals surface area contributed by atoms with Gasteiger partial charge in [-0.2, -0.15) is 0 Å².